The Morgan fingerprint density at radius 3 is 1.44 bits per heavy atom. The van der Waals surface area contributed by atoms with Crippen LogP contribution in [0.3, 0.4) is 0 Å². The number of benzene rings is 2. The van der Waals surface area contributed by atoms with E-state index in [1.54, 1.807) is 9.36 Å². The molecular formula is C17H16N8. The van der Waals surface area contributed by atoms with E-state index in [-0.39, 0.29) is 0 Å². The van der Waals surface area contributed by atoms with Crippen molar-refractivity contribution in [1.82, 2.24) is 40.4 Å². The minimum absolute atomic E-state index is 0.418. The second-order valence-electron chi connectivity index (χ2n) is 5.86. The molecule has 2 aromatic carbocycles. The van der Waals surface area contributed by atoms with Crippen molar-refractivity contribution in [2.24, 2.45) is 0 Å². The number of hydrogen-bond acceptors (Lipinski definition) is 6. The summed E-state index contributed by atoms with van der Waals surface area (Å²) < 4.78 is 3.40. The zero-order valence-corrected chi connectivity index (χ0v) is 13.9. The third kappa shape index (κ3) is 3.01. The van der Waals surface area contributed by atoms with Gasteiger partial charge in [-0.15, -0.1) is 10.2 Å². The Morgan fingerprint density at radius 1 is 0.640 bits per heavy atom. The van der Waals surface area contributed by atoms with E-state index in [9.17, 15) is 0 Å². The van der Waals surface area contributed by atoms with Crippen LogP contribution in [0.2, 0.25) is 0 Å². The minimum atomic E-state index is 0.418. The van der Waals surface area contributed by atoms with Crippen molar-refractivity contribution >= 4 is 0 Å². The van der Waals surface area contributed by atoms with Gasteiger partial charge in [-0.05, 0) is 59.0 Å². The first-order chi connectivity index (χ1) is 12.2. The summed E-state index contributed by atoms with van der Waals surface area (Å²) in [6, 6.07) is 16.0. The van der Waals surface area contributed by atoms with Crippen LogP contribution in [0.5, 0.6) is 0 Å². The highest BCUT2D eigenvalue weighted by molar-refractivity contribution is 5.35. The Balaban J connectivity index is 1.67. The number of tetrazole rings is 2. The molecule has 4 rings (SSSR count). The maximum Gasteiger partial charge on any atom is 0.164 e. The second kappa shape index (κ2) is 6.23. The summed E-state index contributed by atoms with van der Waals surface area (Å²) in [4.78, 5) is 0. The van der Waals surface area contributed by atoms with E-state index in [0.717, 1.165) is 11.4 Å². The summed E-state index contributed by atoms with van der Waals surface area (Å²) in [5.41, 5.74) is 4.17. The third-order valence-corrected chi connectivity index (χ3v) is 3.94. The van der Waals surface area contributed by atoms with Crippen molar-refractivity contribution in [1.29, 1.82) is 0 Å². The Morgan fingerprint density at radius 2 is 1.04 bits per heavy atom. The molecule has 0 bridgehead atoms. The van der Waals surface area contributed by atoms with Crippen LogP contribution in [0.1, 0.15) is 22.8 Å². The first-order valence-electron chi connectivity index (χ1n) is 7.89. The lowest BCUT2D eigenvalue weighted by atomic mass is 10.2. The van der Waals surface area contributed by atoms with E-state index in [4.69, 9.17) is 0 Å². The molecule has 0 saturated heterocycles. The van der Waals surface area contributed by atoms with E-state index in [2.05, 4.69) is 31.1 Å². The topological polar surface area (TPSA) is 87.2 Å². The van der Waals surface area contributed by atoms with Gasteiger partial charge in [-0.25, -0.2) is 0 Å². The molecule has 0 atom stereocenters. The average molecular weight is 332 g/mol. The van der Waals surface area contributed by atoms with Gasteiger partial charge < -0.3 is 0 Å². The summed E-state index contributed by atoms with van der Waals surface area (Å²) in [6.07, 6.45) is 0.418. The third-order valence-electron chi connectivity index (χ3n) is 3.94. The first-order valence-corrected chi connectivity index (χ1v) is 7.89. The van der Waals surface area contributed by atoms with Crippen molar-refractivity contribution in [3.8, 4) is 11.4 Å². The number of hydrogen-bond donors (Lipinski definition) is 0. The molecule has 2 aromatic heterocycles. The maximum atomic E-state index is 4.13. The van der Waals surface area contributed by atoms with Gasteiger partial charge in [0.25, 0.3) is 0 Å². The van der Waals surface area contributed by atoms with Gasteiger partial charge in [0, 0.05) is 0 Å². The monoisotopic (exact) mass is 332 g/mol. The van der Waals surface area contributed by atoms with Gasteiger partial charge in [-0.3, -0.25) is 0 Å². The number of aryl methyl sites for hydroxylation is 2. The molecule has 0 saturated carbocycles. The number of aromatic nitrogens is 8. The summed E-state index contributed by atoms with van der Waals surface area (Å²) in [6.45, 7) is 4.08. The molecular weight excluding hydrogens is 316 g/mol. The molecule has 8 heteroatoms. The van der Waals surface area contributed by atoms with Crippen LogP contribution in [0.25, 0.3) is 11.4 Å². The molecule has 4 aromatic rings. The fourth-order valence-corrected chi connectivity index (χ4v) is 2.55. The molecule has 0 aliphatic heterocycles. The van der Waals surface area contributed by atoms with Gasteiger partial charge in [0.15, 0.2) is 11.6 Å². The molecule has 25 heavy (non-hydrogen) atoms. The van der Waals surface area contributed by atoms with Crippen LogP contribution in [-0.2, 0) is 6.42 Å². The highest BCUT2D eigenvalue weighted by Gasteiger charge is 2.15. The Labute approximate surface area is 144 Å². The summed E-state index contributed by atoms with van der Waals surface area (Å²) in [7, 11) is 0. The van der Waals surface area contributed by atoms with Crippen LogP contribution in [-0.4, -0.2) is 40.4 Å². The minimum Gasteiger partial charge on any atom is -0.197 e. The van der Waals surface area contributed by atoms with Gasteiger partial charge in [-0.2, -0.15) is 9.36 Å². The quantitative estimate of drug-likeness (QED) is 0.567. The van der Waals surface area contributed by atoms with Crippen molar-refractivity contribution in [3.63, 3.8) is 0 Å². The lowest BCUT2D eigenvalue weighted by Gasteiger charge is -2.06. The van der Waals surface area contributed by atoms with Gasteiger partial charge in [-0.1, -0.05) is 35.4 Å². The number of nitrogens with zero attached hydrogens (tertiary/aromatic N) is 8. The summed E-state index contributed by atoms with van der Waals surface area (Å²) in [5, 5.41) is 24.0. The predicted molar refractivity (Wildman–Crippen MR) is 90.6 cm³/mol. The van der Waals surface area contributed by atoms with Gasteiger partial charge in [0.1, 0.15) is 0 Å². The van der Waals surface area contributed by atoms with E-state index in [1.165, 1.54) is 11.1 Å². The SMILES string of the molecule is Cc1ccc(-n2nnnc2Cc2nnnn2-c2ccc(C)cc2)cc1. The molecule has 0 fully saturated rings. The zero-order valence-electron chi connectivity index (χ0n) is 13.9. The van der Waals surface area contributed by atoms with Crippen LogP contribution in [0, 0.1) is 13.8 Å². The van der Waals surface area contributed by atoms with Gasteiger partial charge in [0.2, 0.25) is 0 Å². The maximum absolute atomic E-state index is 4.13. The first kappa shape index (κ1) is 15.1. The molecule has 124 valence electrons. The molecule has 0 aliphatic rings. The fourth-order valence-electron chi connectivity index (χ4n) is 2.55. The van der Waals surface area contributed by atoms with Crippen molar-refractivity contribution in [2.45, 2.75) is 20.3 Å². The van der Waals surface area contributed by atoms with Crippen LogP contribution < -0.4 is 0 Å². The largest absolute Gasteiger partial charge is 0.197 e. The molecule has 0 N–H and O–H groups in total. The van der Waals surface area contributed by atoms with Crippen molar-refractivity contribution in [2.75, 3.05) is 0 Å². The Hall–Kier alpha value is -3.42. The lowest BCUT2D eigenvalue weighted by Crippen LogP contribution is -2.09. The van der Waals surface area contributed by atoms with Gasteiger partial charge in [0.05, 0.1) is 17.8 Å². The average Bonchev–Trinajstić information content (AvgIpc) is 3.26. The van der Waals surface area contributed by atoms with E-state index in [0.29, 0.717) is 18.1 Å². The standard InChI is InChI=1S/C17H16N8/c1-12-3-7-14(8-4-12)24-16(18-20-22-24)11-17-19-21-23-25(17)15-9-5-13(2)6-10-15/h3-10H,11H2,1-2H3. The molecule has 0 amide bonds. The highest BCUT2D eigenvalue weighted by atomic mass is 15.6. The Bertz CT molecular complexity index is 900. The Kier molecular flexibility index (Phi) is 3.77. The lowest BCUT2D eigenvalue weighted by molar-refractivity contribution is 0.740. The molecule has 0 radical (unpaired) electrons. The van der Waals surface area contributed by atoms with E-state index < -0.39 is 0 Å². The van der Waals surface area contributed by atoms with Crippen LogP contribution >= 0.6 is 0 Å². The summed E-state index contributed by atoms with van der Waals surface area (Å²) in [5.74, 6) is 1.35. The normalized spacial score (nSPS) is 11.0. The van der Waals surface area contributed by atoms with Crippen LogP contribution in [0.15, 0.2) is 48.5 Å². The molecule has 0 aliphatic carbocycles. The second-order valence-corrected chi connectivity index (χ2v) is 5.86. The van der Waals surface area contributed by atoms with Crippen LogP contribution in [0.4, 0.5) is 0 Å². The molecule has 8 nitrogen and oxygen atoms in total. The van der Waals surface area contributed by atoms with E-state index >= 15 is 0 Å². The molecule has 0 unspecified atom stereocenters. The number of rotatable bonds is 4. The fraction of sp³-hybridized carbons (Fsp3) is 0.176. The van der Waals surface area contributed by atoms with Gasteiger partial charge >= 0.3 is 0 Å². The van der Waals surface area contributed by atoms with Crippen molar-refractivity contribution in [3.05, 3.63) is 71.3 Å². The predicted octanol–water partition coefficient (Wildman–Crippen LogP) is 1.85. The summed E-state index contributed by atoms with van der Waals surface area (Å²) >= 11 is 0. The highest BCUT2D eigenvalue weighted by Crippen LogP contribution is 2.14. The smallest absolute Gasteiger partial charge is 0.164 e. The zero-order chi connectivity index (χ0) is 17.2. The molecule has 0 spiro atoms. The van der Waals surface area contributed by atoms with E-state index in [1.807, 2.05) is 62.4 Å². The molecule has 2 heterocycles. The van der Waals surface area contributed by atoms with Crippen molar-refractivity contribution < 1.29 is 0 Å².